The predicted molar refractivity (Wildman–Crippen MR) is 118 cm³/mol. The Labute approximate surface area is 179 Å². The molecule has 0 radical (unpaired) electrons. The minimum absolute atomic E-state index is 0.100. The van der Waals surface area contributed by atoms with Crippen LogP contribution in [0, 0.1) is 0 Å². The molecule has 3 aromatic rings. The van der Waals surface area contributed by atoms with E-state index in [1.54, 1.807) is 37.3 Å². The lowest BCUT2D eigenvalue weighted by Gasteiger charge is -2.14. The van der Waals surface area contributed by atoms with Crippen molar-refractivity contribution >= 4 is 34.3 Å². The van der Waals surface area contributed by atoms with E-state index in [0.29, 0.717) is 16.6 Å². The zero-order valence-electron chi connectivity index (χ0n) is 17.3. The highest BCUT2D eigenvalue weighted by atomic mass is 16.2. The molecule has 1 saturated carbocycles. The summed E-state index contributed by atoms with van der Waals surface area (Å²) in [4.78, 5) is 37.3. The number of nitrogens with zero attached hydrogens (tertiary/aromatic N) is 1. The van der Waals surface area contributed by atoms with E-state index in [9.17, 15) is 14.4 Å². The van der Waals surface area contributed by atoms with Crippen molar-refractivity contribution in [3.63, 3.8) is 0 Å². The maximum absolute atomic E-state index is 12.5. The molecule has 1 aliphatic rings. The van der Waals surface area contributed by atoms with E-state index in [0.717, 1.165) is 31.2 Å². The minimum Gasteiger partial charge on any atom is -0.349 e. The van der Waals surface area contributed by atoms with Crippen molar-refractivity contribution in [3.05, 3.63) is 59.8 Å². The first-order valence-electron chi connectivity index (χ1n) is 10.5. The molecule has 31 heavy (non-hydrogen) atoms. The number of hydrogen-bond donors (Lipinski definition) is 4. The Hall–Kier alpha value is -3.68. The molecule has 0 aliphatic heterocycles. The molecule has 3 amide bonds. The van der Waals surface area contributed by atoms with Crippen LogP contribution < -0.4 is 16.0 Å². The predicted octanol–water partition coefficient (Wildman–Crippen LogP) is 2.99. The van der Waals surface area contributed by atoms with E-state index in [2.05, 4.69) is 26.1 Å². The van der Waals surface area contributed by atoms with Gasteiger partial charge in [-0.3, -0.25) is 19.5 Å². The third-order valence-corrected chi connectivity index (χ3v) is 5.53. The first-order valence-corrected chi connectivity index (χ1v) is 10.5. The van der Waals surface area contributed by atoms with Gasteiger partial charge in [0.05, 0.1) is 5.52 Å². The second-order valence-corrected chi connectivity index (χ2v) is 7.83. The number of carbonyl (C=O) groups excluding carboxylic acids is 3. The molecule has 1 heterocycles. The number of nitrogens with one attached hydrogen (secondary N) is 4. The first-order chi connectivity index (χ1) is 15.0. The average Bonchev–Trinajstić information content (AvgIpc) is 3.44. The molecule has 8 heteroatoms. The summed E-state index contributed by atoms with van der Waals surface area (Å²) in [6, 6.07) is 13.5. The fraction of sp³-hybridized carbons (Fsp3) is 0.304. The van der Waals surface area contributed by atoms with Crippen LogP contribution >= 0.6 is 0 Å². The van der Waals surface area contributed by atoms with Gasteiger partial charge in [0.25, 0.3) is 11.8 Å². The Morgan fingerprint density at radius 3 is 2.45 bits per heavy atom. The number of fused-ring (bicyclic) bond motifs is 1. The van der Waals surface area contributed by atoms with E-state index >= 15 is 0 Å². The molecule has 1 unspecified atom stereocenters. The van der Waals surface area contributed by atoms with Gasteiger partial charge >= 0.3 is 0 Å². The molecule has 160 valence electrons. The third-order valence-electron chi connectivity index (χ3n) is 5.53. The van der Waals surface area contributed by atoms with Gasteiger partial charge in [-0.25, -0.2) is 0 Å². The molecule has 0 spiro atoms. The summed E-state index contributed by atoms with van der Waals surface area (Å²) >= 11 is 0. The summed E-state index contributed by atoms with van der Waals surface area (Å²) in [7, 11) is 0. The van der Waals surface area contributed by atoms with Gasteiger partial charge in [0.1, 0.15) is 6.04 Å². The van der Waals surface area contributed by atoms with Gasteiger partial charge in [-0.05, 0) is 50.1 Å². The van der Waals surface area contributed by atoms with Crippen LogP contribution in [-0.4, -0.2) is 40.0 Å². The van der Waals surface area contributed by atoms with Gasteiger partial charge in [-0.1, -0.05) is 31.0 Å². The van der Waals surface area contributed by atoms with E-state index < -0.39 is 11.9 Å². The fourth-order valence-electron chi connectivity index (χ4n) is 3.76. The number of aromatic amines is 1. The standard InChI is InChI=1S/C23H25N5O3/c1-14(24-23(31)20-18-8-4-5-9-19(18)27-28-20)21(29)25-17-12-10-15(11-13-17)22(30)26-16-6-2-3-7-16/h4-5,8-14,16H,2-3,6-7H2,1H3,(H,24,31)(H,25,29)(H,26,30)(H,27,28). The molecule has 1 aliphatic carbocycles. The zero-order valence-corrected chi connectivity index (χ0v) is 17.3. The van der Waals surface area contributed by atoms with Crippen LogP contribution in [0.5, 0.6) is 0 Å². The lowest BCUT2D eigenvalue weighted by atomic mass is 10.1. The lowest BCUT2D eigenvalue weighted by molar-refractivity contribution is -0.117. The molecule has 0 bridgehead atoms. The number of para-hydroxylation sites is 1. The maximum Gasteiger partial charge on any atom is 0.273 e. The van der Waals surface area contributed by atoms with Crippen molar-refractivity contribution < 1.29 is 14.4 Å². The summed E-state index contributed by atoms with van der Waals surface area (Å²) in [5.41, 5.74) is 2.10. The van der Waals surface area contributed by atoms with E-state index in [1.165, 1.54) is 0 Å². The molecular weight excluding hydrogens is 394 g/mol. The number of benzene rings is 2. The van der Waals surface area contributed by atoms with Crippen LogP contribution in [0.15, 0.2) is 48.5 Å². The molecule has 4 rings (SSSR count). The molecule has 1 atom stereocenters. The summed E-state index contributed by atoms with van der Waals surface area (Å²) in [5.74, 6) is -0.896. The minimum atomic E-state index is -0.770. The van der Waals surface area contributed by atoms with Crippen LogP contribution in [-0.2, 0) is 4.79 Å². The highest BCUT2D eigenvalue weighted by Gasteiger charge is 2.21. The van der Waals surface area contributed by atoms with Gasteiger partial charge in [-0.15, -0.1) is 0 Å². The number of aromatic nitrogens is 2. The van der Waals surface area contributed by atoms with Crippen LogP contribution in [0.2, 0.25) is 0 Å². The average molecular weight is 419 g/mol. The van der Waals surface area contributed by atoms with Gasteiger partial charge in [0, 0.05) is 22.7 Å². The number of rotatable bonds is 6. The normalized spacial score (nSPS) is 14.9. The molecular formula is C23H25N5O3. The Morgan fingerprint density at radius 1 is 1.00 bits per heavy atom. The second-order valence-electron chi connectivity index (χ2n) is 7.83. The van der Waals surface area contributed by atoms with Gasteiger partial charge < -0.3 is 16.0 Å². The van der Waals surface area contributed by atoms with Gasteiger partial charge in [0.2, 0.25) is 5.91 Å². The number of carbonyl (C=O) groups is 3. The van der Waals surface area contributed by atoms with E-state index in [1.807, 2.05) is 18.2 Å². The summed E-state index contributed by atoms with van der Waals surface area (Å²) < 4.78 is 0. The van der Waals surface area contributed by atoms with Crippen molar-refractivity contribution in [1.82, 2.24) is 20.8 Å². The van der Waals surface area contributed by atoms with Crippen molar-refractivity contribution in [3.8, 4) is 0 Å². The SMILES string of the molecule is CC(NC(=O)c1n[nH]c2ccccc12)C(=O)Nc1ccc(C(=O)NC2CCCC2)cc1. The summed E-state index contributed by atoms with van der Waals surface area (Å²) in [5, 5.41) is 16.0. The highest BCUT2D eigenvalue weighted by molar-refractivity contribution is 6.07. The number of amides is 3. The van der Waals surface area contributed by atoms with Gasteiger partial charge in [-0.2, -0.15) is 5.10 Å². The van der Waals surface area contributed by atoms with Crippen molar-refractivity contribution in [2.75, 3.05) is 5.32 Å². The van der Waals surface area contributed by atoms with Gasteiger partial charge in [0.15, 0.2) is 5.69 Å². The first kappa shape index (κ1) is 20.6. The third kappa shape index (κ3) is 4.74. The smallest absolute Gasteiger partial charge is 0.273 e. The molecule has 4 N–H and O–H groups in total. The van der Waals surface area contributed by atoms with Crippen LogP contribution in [0.1, 0.15) is 53.5 Å². The fourth-order valence-corrected chi connectivity index (χ4v) is 3.76. The quantitative estimate of drug-likeness (QED) is 0.491. The van der Waals surface area contributed by atoms with Crippen LogP contribution in [0.25, 0.3) is 10.9 Å². The van der Waals surface area contributed by atoms with Crippen LogP contribution in [0.3, 0.4) is 0 Å². The topological polar surface area (TPSA) is 116 Å². The zero-order chi connectivity index (χ0) is 21.8. The molecule has 8 nitrogen and oxygen atoms in total. The van der Waals surface area contributed by atoms with Crippen molar-refractivity contribution in [2.24, 2.45) is 0 Å². The Bertz CT molecular complexity index is 1100. The number of H-pyrrole nitrogens is 1. The Balaban J connectivity index is 1.33. The molecule has 0 saturated heterocycles. The molecule has 1 fully saturated rings. The second kappa shape index (κ2) is 8.99. The number of hydrogen-bond acceptors (Lipinski definition) is 4. The largest absolute Gasteiger partial charge is 0.349 e. The Morgan fingerprint density at radius 2 is 1.71 bits per heavy atom. The summed E-state index contributed by atoms with van der Waals surface area (Å²) in [6.45, 7) is 1.60. The lowest BCUT2D eigenvalue weighted by Crippen LogP contribution is -2.41. The maximum atomic E-state index is 12.5. The van der Waals surface area contributed by atoms with Crippen molar-refractivity contribution in [2.45, 2.75) is 44.7 Å². The molecule has 1 aromatic heterocycles. The van der Waals surface area contributed by atoms with Crippen LogP contribution in [0.4, 0.5) is 5.69 Å². The number of anilines is 1. The van der Waals surface area contributed by atoms with E-state index in [-0.39, 0.29) is 23.6 Å². The Kier molecular flexibility index (Phi) is 5.97. The monoisotopic (exact) mass is 419 g/mol. The summed E-state index contributed by atoms with van der Waals surface area (Å²) in [6.07, 6.45) is 4.36. The van der Waals surface area contributed by atoms with Crippen molar-refractivity contribution in [1.29, 1.82) is 0 Å². The highest BCUT2D eigenvalue weighted by Crippen LogP contribution is 2.19. The molecule has 2 aromatic carbocycles. The van der Waals surface area contributed by atoms with E-state index in [4.69, 9.17) is 0 Å².